The Morgan fingerprint density at radius 2 is 2.07 bits per heavy atom. The highest BCUT2D eigenvalue weighted by atomic mass is 79.9. The Kier molecular flexibility index (Phi) is 3.39. The molecule has 1 rings (SSSR count). The molecule has 0 aliphatic carbocycles. The summed E-state index contributed by atoms with van der Waals surface area (Å²) in [4.78, 5) is 0. The maximum absolute atomic E-state index is 9.52. The van der Waals surface area contributed by atoms with Crippen LogP contribution >= 0.6 is 15.9 Å². The minimum atomic E-state index is -0.120. The van der Waals surface area contributed by atoms with Crippen LogP contribution in [0.25, 0.3) is 0 Å². The summed E-state index contributed by atoms with van der Waals surface area (Å²) in [6, 6.07) is 1.54. The highest BCUT2D eigenvalue weighted by Gasteiger charge is 2.17. The number of phenols is 2. The van der Waals surface area contributed by atoms with Crippen molar-refractivity contribution >= 4 is 15.9 Å². The Hall–Kier alpha value is -0.740. The molecular weight excluding hydrogens is 246 g/mol. The van der Waals surface area contributed by atoms with E-state index in [9.17, 15) is 10.2 Å². The molecule has 0 amide bonds. The number of aromatic hydroxyl groups is 2. The van der Waals surface area contributed by atoms with Gasteiger partial charge in [0, 0.05) is 0 Å². The molecule has 4 N–H and O–H groups in total. The van der Waals surface area contributed by atoms with E-state index in [1.807, 2.05) is 13.8 Å². The molecule has 0 saturated heterocycles. The molecule has 0 aliphatic heterocycles. The second kappa shape index (κ2) is 4.19. The predicted octanol–water partition coefficient (Wildman–Crippen LogP) is 2.23. The number of hydrogen-bond acceptors (Lipinski definition) is 3. The molecule has 1 aromatic carbocycles. The van der Waals surface area contributed by atoms with Gasteiger partial charge in [-0.05, 0) is 52.5 Å². The lowest BCUT2D eigenvalue weighted by molar-refractivity contribution is 0.399. The number of benzene rings is 1. The fraction of sp³-hybridized carbons (Fsp3) is 0.400. The molecule has 1 atom stereocenters. The van der Waals surface area contributed by atoms with E-state index in [1.54, 1.807) is 6.07 Å². The van der Waals surface area contributed by atoms with E-state index in [4.69, 9.17) is 5.73 Å². The monoisotopic (exact) mass is 259 g/mol. The molecule has 4 heteroatoms. The number of aryl methyl sites for hydroxylation is 1. The first-order valence-electron chi connectivity index (χ1n) is 4.40. The van der Waals surface area contributed by atoms with E-state index in [2.05, 4.69) is 15.9 Å². The van der Waals surface area contributed by atoms with Gasteiger partial charge in [-0.15, -0.1) is 0 Å². The molecule has 0 saturated carbocycles. The summed E-state index contributed by atoms with van der Waals surface area (Å²) in [7, 11) is 0. The summed E-state index contributed by atoms with van der Waals surface area (Å²) in [5, 5.41) is 18.9. The third kappa shape index (κ3) is 1.86. The highest BCUT2D eigenvalue weighted by Crippen LogP contribution is 2.40. The Bertz CT molecular complexity index is 352. The SMILES string of the molecule is Cc1cc(O)c(O)c(Br)c1C(C)CN. The van der Waals surface area contributed by atoms with E-state index in [-0.39, 0.29) is 17.4 Å². The second-order valence-electron chi connectivity index (χ2n) is 3.43. The standard InChI is InChI=1S/C10H14BrNO2/c1-5-3-7(13)10(14)9(11)8(5)6(2)4-12/h3,6,13-14H,4,12H2,1-2H3. The third-order valence-corrected chi connectivity index (χ3v) is 3.11. The predicted molar refractivity (Wildman–Crippen MR) is 59.7 cm³/mol. The van der Waals surface area contributed by atoms with Gasteiger partial charge in [-0.2, -0.15) is 0 Å². The lowest BCUT2D eigenvalue weighted by Gasteiger charge is -2.16. The lowest BCUT2D eigenvalue weighted by atomic mass is 9.96. The van der Waals surface area contributed by atoms with Gasteiger partial charge >= 0.3 is 0 Å². The van der Waals surface area contributed by atoms with Crippen LogP contribution < -0.4 is 5.73 Å². The fourth-order valence-electron chi connectivity index (χ4n) is 1.49. The molecule has 0 spiro atoms. The van der Waals surface area contributed by atoms with E-state index in [0.29, 0.717) is 11.0 Å². The first-order chi connectivity index (χ1) is 6.49. The van der Waals surface area contributed by atoms with Gasteiger partial charge in [0.15, 0.2) is 11.5 Å². The van der Waals surface area contributed by atoms with Crippen molar-refractivity contribution in [3.05, 3.63) is 21.7 Å². The summed E-state index contributed by atoms with van der Waals surface area (Å²) in [5.74, 6) is -0.0795. The Labute approximate surface area is 91.7 Å². The van der Waals surface area contributed by atoms with Gasteiger partial charge in [-0.1, -0.05) is 6.92 Å². The first-order valence-corrected chi connectivity index (χ1v) is 5.19. The molecule has 1 unspecified atom stereocenters. The van der Waals surface area contributed by atoms with E-state index in [0.717, 1.165) is 11.1 Å². The summed E-state index contributed by atoms with van der Waals surface area (Å²) in [6.07, 6.45) is 0. The Balaban J connectivity index is 3.36. The van der Waals surface area contributed by atoms with Crippen molar-refractivity contribution in [2.75, 3.05) is 6.54 Å². The zero-order valence-electron chi connectivity index (χ0n) is 8.21. The summed E-state index contributed by atoms with van der Waals surface area (Å²) < 4.78 is 0.535. The van der Waals surface area contributed by atoms with Crippen LogP contribution in [0.5, 0.6) is 11.5 Å². The summed E-state index contributed by atoms with van der Waals surface area (Å²) in [5.41, 5.74) is 7.43. The normalized spacial score (nSPS) is 12.9. The van der Waals surface area contributed by atoms with Crippen LogP contribution in [0.15, 0.2) is 10.5 Å². The molecule has 1 aromatic rings. The zero-order valence-corrected chi connectivity index (χ0v) is 9.80. The van der Waals surface area contributed by atoms with Crippen LogP contribution in [0.2, 0.25) is 0 Å². The molecule has 14 heavy (non-hydrogen) atoms. The van der Waals surface area contributed by atoms with Crippen LogP contribution in [0.4, 0.5) is 0 Å². The van der Waals surface area contributed by atoms with Gasteiger partial charge in [0.05, 0.1) is 4.47 Å². The van der Waals surface area contributed by atoms with Crippen LogP contribution in [0, 0.1) is 6.92 Å². The smallest absolute Gasteiger partial charge is 0.172 e. The van der Waals surface area contributed by atoms with Gasteiger partial charge in [0.2, 0.25) is 0 Å². The minimum absolute atomic E-state index is 0.109. The summed E-state index contributed by atoms with van der Waals surface area (Å²) >= 11 is 3.26. The maximum Gasteiger partial charge on any atom is 0.172 e. The summed E-state index contributed by atoms with van der Waals surface area (Å²) in [6.45, 7) is 4.36. The maximum atomic E-state index is 9.52. The van der Waals surface area contributed by atoms with Crippen molar-refractivity contribution in [3.63, 3.8) is 0 Å². The van der Waals surface area contributed by atoms with Crippen molar-refractivity contribution in [2.24, 2.45) is 5.73 Å². The van der Waals surface area contributed by atoms with Crippen molar-refractivity contribution in [1.82, 2.24) is 0 Å². The molecule has 0 aromatic heterocycles. The molecule has 0 heterocycles. The van der Waals surface area contributed by atoms with Crippen LogP contribution in [-0.4, -0.2) is 16.8 Å². The van der Waals surface area contributed by atoms with Crippen LogP contribution in [0.1, 0.15) is 24.0 Å². The van der Waals surface area contributed by atoms with Crippen molar-refractivity contribution in [1.29, 1.82) is 0 Å². The average Bonchev–Trinajstić information content (AvgIpc) is 2.14. The van der Waals surface area contributed by atoms with Crippen molar-refractivity contribution in [2.45, 2.75) is 19.8 Å². The molecule has 0 bridgehead atoms. The Morgan fingerprint density at radius 1 is 1.50 bits per heavy atom. The lowest BCUT2D eigenvalue weighted by Crippen LogP contribution is -2.10. The quantitative estimate of drug-likeness (QED) is 0.714. The van der Waals surface area contributed by atoms with Gasteiger partial charge in [-0.25, -0.2) is 0 Å². The molecule has 3 nitrogen and oxygen atoms in total. The second-order valence-corrected chi connectivity index (χ2v) is 4.22. The Morgan fingerprint density at radius 3 is 2.57 bits per heavy atom. The molecule has 78 valence electrons. The average molecular weight is 260 g/mol. The third-order valence-electron chi connectivity index (χ3n) is 2.31. The minimum Gasteiger partial charge on any atom is -0.504 e. The molecule has 0 fully saturated rings. The fourth-order valence-corrected chi connectivity index (χ4v) is 2.39. The van der Waals surface area contributed by atoms with Crippen molar-refractivity contribution in [3.8, 4) is 11.5 Å². The van der Waals surface area contributed by atoms with Gasteiger partial charge < -0.3 is 15.9 Å². The number of halogens is 1. The van der Waals surface area contributed by atoms with Crippen LogP contribution in [-0.2, 0) is 0 Å². The molecule has 0 radical (unpaired) electrons. The van der Waals surface area contributed by atoms with Gasteiger partial charge in [-0.3, -0.25) is 0 Å². The van der Waals surface area contributed by atoms with E-state index < -0.39 is 0 Å². The number of rotatable bonds is 2. The van der Waals surface area contributed by atoms with Crippen molar-refractivity contribution < 1.29 is 10.2 Å². The first kappa shape index (κ1) is 11.3. The van der Waals surface area contributed by atoms with E-state index in [1.165, 1.54) is 0 Å². The highest BCUT2D eigenvalue weighted by molar-refractivity contribution is 9.10. The van der Waals surface area contributed by atoms with Gasteiger partial charge in [0.25, 0.3) is 0 Å². The van der Waals surface area contributed by atoms with Gasteiger partial charge in [0.1, 0.15) is 0 Å². The van der Waals surface area contributed by atoms with E-state index >= 15 is 0 Å². The largest absolute Gasteiger partial charge is 0.504 e. The topological polar surface area (TPSA) is 66.5 Å². The van der Waals surface area contributed by atoms with Crippen LogP contribution in [0.3, 0.4) is 0 Å². The zero-order chi connectivity index (χ0) is 10.9. The molecular formula is C10H14BrNO2. The number of nitrogens with two attached hydrogens (primary N) is 1. The number of phenolic OH excluding ortho intramolecular Hbond substituents is 2. The molecule has 0 aliphatic rings. The number of hydrogen-bond donors (Lipinski definition) is 3.